The highest BCUT2D eigenvalue weighted by Gasteiger charge is 2.20. The molecule has 7 nitrogen and oxygen atoms in total. The number of rotatable bonds is 7. The lowest BCUT2D eigenvalue weighted by Gasteiger charge is -2.11. The SMILES string of the molecule is CCCCn1c(SCc2ccccn2)nnc1-c1cc(C)nc2c1c(C)nn2C. The Morgan fingerprint density at radius 1 is 1.14 bits per heavy atom. The lowest BCUT2D eigenvalue weighted by molar-refractivity contribution is 0.592. The van der Waals surface area contributed by atoms with Crippen molar-refractivity contribution in [3.05, 3.63) is 47.5 Å². The molecule has 0 amide bonds. The summed E-state index contributed by atoms with van der Waals surface area (Å²) in [4.78, 5) is 9.11. The molecule has 0 saturated carbocycles. The van der Waals surface area contributed by atoms with Crippen molar-refractivity contribution in [1.82, 2.24) is 34.5 Å². The van der Waals surface area contributed by atoms with E-state index in [9.17, 15) is 0 Å². The molecule has 0 saturated heterocycles. The van der Waals surface area contributed by atoms with Crippen LogP contribution in [-0.2, 0) is 19.3 Å². The van der Waals surface area contributed by atoms with E-state index in [1.807, 2.05) is 50.0 Å². The number of aromatic nitrogens is 7. The number of nitrogens with zero attached hydrogens (tertiary/aromatic N) is 7. The molecule has 0 N–H and O–H groups in total. The third-order valence-electron chi connectivity index (χ3n) is 4.87. The first-order valence-electron chi connectivity index (χ1n) is 9.85. The van der Waals surface area contributed by atoms with Gasteiger partial charge in [-0.25, -0.2) is 4.98 Å². The van der Waals surface area contributed by atoms with Crippen LogP contribution in [0, 0.1) is 13.8 Å². The Morgan fingerprint density at radius 3 is 2.76 bits per heavy atom. The first-order valence-corrected chi connectivity index (χ1v) is 10.8. The summed E-state index contributed by atoms with van der Waals surface area (Å²) in [5, 5.41) is 15.7. The van der Waals surface area contributed by atoms with E-state index in [0.717, 1.165) is 69.8 Å². The zero-order chi connectivity index (χ0) is 20.4. The molecule has 0 unspecified atom stereocenters. The second-order valence-corrected chi connectivity index (χ2v) is 8.08. The lowest BCUT2D eigenvalue weighted by atomic mass is 10.1. The molecule has 0 atom stereocenters. The fraction of sp³-hybridized carbons (Fsp3) is 0.381. The van der Waals surface area contributed by atoms with E-state index >= 15 is 0 Å². The molecule has 4 heterocycles. The molecule has 29 heavy (non-hydrogen) atoms. The van der Waals surface area contributed by atoms with Crippen molar-refractivity contribution in [1.29, 1.82) is 0 Å². The summed E-state index contributed by atoms with van der Waals surface area (Å²) in [5.41, 5.74) is 4.87. The minimum atomic E-state index is 0.766. The Bertz CT molecular complexity index is 1130. The molecule has 8 heteroatoms. The predicted octanol–water partition coefficient (Wildman–Crippen LogP) is 4.33. The Morgan fingerprint density at radius 2 is 2.00 bits per heavy atom. The summed E-state index contributed by atoms with van der Waals surface area (Å²) >= 11 is 1.68. The third-order valence-corrected chi connectivity index (χ3v) is 5.87. The van der Waals surface area contributed by atoms with Crippen LogP contribution in [0.2, 0.25) is 0 Å². The maximum Gasteiger partial charge on any atom is 0.191 e. The van der Waals surface area contributed by atoms with Gasteiger partial charge in [-0.1, -0.05) is 31.2 Å². The summed E-state index contributed by atoms with van der Waals surface area (Å²) in [6, 6.07) is 8.08. The van der Waals surface area contributed by atoms with E-state index in [4.69, 9.17) is 0 Å². The minimum absolute atomic E-state index is 0.766. The van der Waals surface area contributed by atoms with Crippen LogP contribution in [-0.4, -0.2) is 34.5 Å². The van der Waals surface area contributed by atoms with Crippen LogP contribution in [0.3, 0.4) is 0 Å². The zero-order valence-corrected chi connectivity index (χ0v) is 18.1. The van der Waals surface area contributed by atoms with Gasteiger partial charge in [-0.15, -0.1) is 10.2 Å². The molecule has 0 aliphatic carbocycles. The predicted molar refractivity (Wildman–Crippen MR) is 116 cm³/mol. The number of fused-ring (bicyclic) bond motifs is 1. The molecular weight excluding hydrogens is 382 g/mol. The lowest BCUT2D eigenvalue weighted by Crippen LogP contribution is -2.04. The Balaban J connectivity index is 1.78. The third kappa shape index (κ3) is 3.89. The van der Waals surface area contributed by atoms with Gasteiger partial charge in [0.25, 0.3) is 0 Å². The maximum atomic E-state index is 4.69. The van der Waals surface area contributed by atoms with Crippen LogP contribution in [0.25, 0.3) is 22.4 Å². The fourth-order valence-electron chi connectivity index (χ4n) is 3.48. The molecular formula is C21H25N7S. The normalized spacial score (nSPS) is 11.4. The molecule has 150 valence electrons. The van der Waals surface area contributed by atoms with Crippen LogP contribution in [0.4, 0.5) is 0 Å². The second-order valence-electron chi connectivity index (χ2n) is 7.14. The average molecular weight is 408 g/mol. The van der Waals surface area contributed by atoms with Crippen molar-refractivity contribution >= 4 is 22.8 Å². The summed E-state index contributed by atoms with van der Waals surface area (Å²) in [6.45, 7) is 7.11. The van der Waals surface area contributed by atoms with Crippen molar-refractivity contribution in [2.75, 3.05) is 0 Å². The van der Waals surface area contributed by atoms with E-state index in [0.29, 0.717) is 0 Å². The molecule has 4 aromatic rings. The van der Waals surface area contributed by atoms with Gasteiger partial charge >= 0.3 is 0 Å². The van der Waals surface area contributed by atoms with Crippen molar-refractivity contribution in [3.8, 4) is 11.4 Å². The standard InChI is InChI=1S/C21H25N7S/c1-5-6-11-28-19(24-25-21(28)29-13-16-9-7-8-10-22-16)17-12-14(2)23-20-18(17)15(3)26-27(20)4/h7-10,12H,5-6,11,13H2,1-4H3. The first kappa shape index (κ1) is 19.6. The smallest absolute Gasteiger partial charge is 0.191 e. The van der Waals surface area contributed by atoms with Gasteiger partial charge < -0.3 is 4.57 Å². The summed E-state index contributed by atoms with van der Waals surface area (Å²) in [7, 11) is 1.93. The van der Waals surface area contributed by atoms with Gasteiger partial charge in [0.05, 0.1) is 16.8 Å². The highest BCUT2D eigenvalue weighted by atomic mass is 32.2. The Kier molecular flexibility index (Phi) is 5.62. The number of thioether (sulfide) groups is 1. The summed E-state index contributed by atoms with van der Waals surface area (Å²) in [5.74, 6) is 1.65. The summed E-state index contributed by atoms with van der Waals surface area (Å²) in [6.07, 6.45) is 4.00. The van der Waals surface area contributed by atoms with E-state index in [1.165, 1.54) is 0 Å². The number of hydrogen-bond acceptors (Lipinski definition) is 6. The van der Waals surface area contributed by atoms with Gasteiger partial charge in [0.2, 0.25) is 0 Å². The average Bonchev–Trinajstić information content (AvgIpc) is 3.25. The molecule has 0 aliphatic rings. The van der Waals surface area contributed by atoms with Crippen LogP contribution >= 0.6 is 11.8 Å². The number of unbranched alkanes of at least 4 members (excludes halogenated alkanes) is 1. The van der Waals surface area contributed by atoms with E-state index in [1.54, 1.807) is 11.8 Å². The monoisotopic (exact) mass is 407 g/mol. The minimum Gasteiger partial charge on any atom is -0.302 e. The molecule has 4 rings (SSSR count). The first-order chi connectivity index (χ1) is 14.1. The van der Waals surface area contributed by atoms with E-state index in [2.05, 4.69) is 42.8 Å². The molecule has 0 radical (unpaired) electrons. The van der Waals surface area contributed by atoms with Gasteiger partial charge in [0.1, 0.15) is 0 Å². The molecule has 4 aromatic heterocycles. The van der Waals surface area contributed by atoms with Gasteiger partial charge in [0.15, 0.2) is 16.6 Å². The molecule has 0 spiro atoms. The van der Waals surface area contributed by atoms with Gasteiger partial charge in [-0.2, -0.15) is 5.10 Å². The zero-order valence-electron chi connectivity index (χ0n) is 17.3. The molecule has 0 bridgehead atoms. The highest BCUT2D eigenvalue weighted by Crippen LogP contribution is 2.32. The van der Waals surface area contributed by atoms with Crippen molar-refractivity contribution < 1.29 is 0 Å². The fourth-order valence-corrected chi connectivity index (χ4v) is 4.36. The number of aryl methyl sites for hydroxylation is 3. The number of pyridine rings is 2. The summed E-state index contributed by atoms with van der Waals surface area (Å²) < 4.78 is 4.07. The largest absolute Gasteiger partial charge is 0.302 e. The van der Waals surface area contributed by atoms with Crippen LogP contribution in [0.1, 0.15) is 36.8 Å². The van der Waals surface area contributed by atoms with Crippen molar-refractivity contribution in [3.63, 3.8) is 0 Å². The van der Waals surface area contributed by atoms with E-state index in [-0.39, 0.29) is 0 Å². The van der Waals surface area contributed by atoms with Gasteiger partial charge in [-0.3, -0.25) is 9.67 Å². The highest BCUT2D eigenvalue weighted by molar-refractivity contribution is 7.98. The van der Waals surface area contributed by atoms with Crippen LogP contribution in [0.5, 0.6) is 0 Å². The molecule has 0 fully saturated rings. The van der Waals surface area contributed by atoms with Crippen LogP contribution in [0.15, 0.2) is 35.6 Å². The second kappa shape index (κ2) is 8.32. The van der Waals surface area contributed by atoms with E-state index < -0.39 is 0 Å². The Hall–Kier alpha value is -2.74. The number of hydrogen-bond donors (Lipinski definition) is 0. The molecule has 0 aliphatic heterocycles. The topological polar surface area (TPSA) is 74.3 Å². The maximum absolute atomic E-state index is 4.69. The van der Waals surface area contributed by atoms with Gasteiger partial charge in [0, 0.05) is 36.8 Å². The molecule has 0 aromatic carbocycles. The van der Waals surface area contributed by atoms with Crippen molar-refractivity contribution in [2.45, 2.75) is 51.1 Å². The quantitative estimate of drug-likeness (QED) is 0.425. The van der Waals surface area contributed by atoms with Crippen LogP contribution < -0.4 is 0 Å². The van der Waals surface area contributed by atoms with Gasteiger partial charge in [-0.05, 0) is 38.5 Å². The Labute approximate surface area is 174 Å². The van der Waals surface area contributed by atoms with Crippen molar-refractivity contribution in [2.24, 2.45) is 7.05 Å².